The van der Waals surface area contributed by atoms with Crippen LogP contribution in [0.5, 0.6) is 5.75 Å². The van der Waals surface area contributed by atoms with Crippen LogP contribution in [0.4, 0.5) is 10.1 Å². The molecule has 1 saturated heterocycles. The molecule has 3 saturated carbocycles. The number of hydrogen-bond donors (Lipinski definition) is 2. The second-order valence-corrected chi connectivity index (χ2v) is 14.2. The Morgan fingerprint density at radius 3 is 2.57 bits per heavy atom. The van der Waals surface area contributed by atoms with Crippen molar-refractivity contribution in [2.24, 2.45) is 28.2 Å². The molecule has 7 atom stereocenters. The Morgan fingerprint density at radius 1 is 1.16 bits per heavy atom. The molecule has 0 radical (unpaired) electrons. The predicted molar refractivity (Wildman–Crippen MR) is 175 cm³/mol. The van der Waals surface area contributed by atoms with Crippen molar-refractivity contribution in [3.63, 3.8) is 0 Å². The highest BCUT2D eigenvalue weighted by Crippen LogP contribution is 2.61. The number of guanidine groups is 1. The van der Waals surface area contributed by atoms with Gasteiger partial charge in [0, 0.05) is 43.0 Å². The lowest BCUT2D eigenvalue weighted by atomic mass is 9.45. The van der Waals surface area contributed by atoms with Crippen molar-refractivity contribution < 1.29 is 9.13 Å². The molecule has 2 aromatic carbocycles. The first-order valence-electron chi connectivity index (χ1n) is 16.1. The van der Waals surface area contributed by atoms with Gasteiger partial charge in [0.25, 0.3) is 5.56 Å². The van der Waals surface area contributed by atoms with Crippen molar-refractivity contribution in [1.82, 2.24) is 19.8 Å². The van der Waals surface area contributed by atoms with E-state index in [2.05, 4.69) is 55.1 Å². The summed E-state index contributed by atoms with van der Waals surface area (Å²) >= 11 is 0. The Bertz CT molecular complexity index is 1610. The van der Waals surface area contributed by atoms with Crippen LogP contribution < -0.4 is 20.9 Å². The molecule has 9 heteroatoms. The molecule has 1 aliphatic heterocycles. The molecule has 3 aliphatic carbocycles. The average molecular weight is 603 g/mol. The van der Waals surface area contributed by atoms with Crippen molar-refractivity contribution in [3.8, 4) is 5.75 Å². The van der Waals surface area contributed by atoms with Gasteiger partial charge in [0.1, 0.15) is 11.6 Å². The third-order valence-electron chi connectivity index (χ3n) is 10.7. The second-order valence-electron chi connectivity index (χ2n) is 14.2. The molecule has 0 spiro atoms. The number of anilines is 1. The Hall–Kier alpha value is -3.46. The van der Waals surface area contributed by atoms with E-state index in [1.54, 1.807) is 23.0 Å². The van der Waals surface area contributed by atoms with Crippen LogP contribution in [0.25, 0.3) is 10.9 Å². The number of halogens is 1. The first-order valence-corrected chi connectivity index (χ1v) is 16.1. The molecule has 7 rings (SSSR count). The largest absolute Gasteiger partial charge is 0.497 e. The van der Waals surface area contributed by atoms with Gasteiger partial charge >= 0.3 is 0 Å². The molecule has 236 valence electrons. The van der Waals surface area contributed by atoms with Gasteiger partial charge in [-0.25, -0.2) is 14.4 Å². The maximum absolute atomic E-state index is 14.6. The molecular formula is C35H47FN6O2. The van der Waals surface area contributed by atoms with Crippen molar-refractivity contribution >= 4 is 22.5 Å². The third kappa shape index (κ3) is 5.71. The predicted octanol–water partition coefficient (Wildman–Crippen LogP) is 5.87. The highest BCUT2D eigenvalue weighted by Gasteiger charge is 2.56. The maximum Gasteiger partial charge on any atom is 0.261 e. The van der Waals surface area contributed by atoms with Gasteiger partial charge in [-0.1, -0.05) is 26.8 Å². The molecule has 2 N–H and O–H groups in total. The summed E-state index contributed by atoms with van der Waals surface area (Å²) in [6.45, 7) is 15.3. The Morgan fingerprint density at radius 2 is 1.91 bits per heavy atom. The van der Waals surface area contributed by atoms with E-state index in [-0.39, 0.29) is 23.5 Å². The van der Waals surface area contributed by atoms with Gasteiger partial charge in [0.05, 0.1) is 30.4 Å². The number of piperazine rings is 1. The molecule has 44 heavy (non-hydrogen) atoms. The van der Waals surface area contributed by atoms with Crippen molar-refractivity contribution in [3.05, 3.63) is 64.5 Å². The summed E-state index contributed by atoms with van der Waals surface area (Å²) in [5, 5.41) is 7.82. The second kappa shape index (κ2) is 11.8. The quantitative estimate of drug-likeness (QED) is 0.271. The lowest BCUT2D eigenvalue weighted by Crippen LogP contribution is -2.59. The molecular weight excluding hydrogens is 555 g/mol. The van der Waals surface area contributed by atoms with Gasteiger partial charge in [-0.05, 0) is 93.0 Å². The fraction of sp³-hybridized carbons (Fsp3) is 0.571. The van der Waals surface area contributed by atoms with Crippen LogP contribution in [0, 0.1) is 29.0 Å². The van der Waals surface area contributed by atoms with Crippen molar-refractivity contribution in [2.45, 2.75) is 85.0 Å². The van der Waals surface area contributed by atoms with Gasteiger partial charge in [0.15, 0.2) is 5.96 Å². The highest BCUT2D eigenvalue weighted by atomic mass is 19.1. The van der Waals surface area contributed by atoms with Crippen LogP contribution in [0.1, 0.15) is 66.0 Å². The zero-order valence-corrected chi connectivity index (χ0v) is 27.1. The van der Waals surface area contributed by atoms with E-state index in [0.717, 1.165) is 37.1 Å². The van der Waals surface area contributed by atoms with E-state index in [0.29, 0.717) is 58.0 Å². The molecule has 0 amide bonds. The zero-order chi connectivity index (χ0) is 31.3. The fourth-order valence-corrected chi connectivity index (χ4v) is 8.04. The lowest BCUT2D eigenvalue weighted by molar-refractivity contribution is -0.108. The molecule has 0 unspecified atom stereocenters. The number of aliphatic imine (C=N–C) groups is 1. The number of methoxy groups -OCH3 is 1. The minimum absolute atomic E-state index is 0.139. The van der Waals surface area contributed by atoms with Crippen LogP contribution in [0.2, 0.25) is 0 Å². The van der Waals surface area contributed by atoms with Gasteiger partial charge in [-0.15, -0.1) is 0 Å². The summed E-state index contributed by atoms with van der Waals surface area (Å²) in [5.41, 5.74) is 2.28. The normalized spacial score (nSPS) is 28.8. The molecule has 2 heterocycles. The van der Waals surface area contributed by atoms with Crippen LogP contribution in [0.15, 0.2) is 52.5 Å². The molecule has 4 aliphatic rings. The van der Waals surface area contributed by atoms with Gasteiger partial charge in [0.2, 0.25) is 0 Å². The number of aromatic nitrogens is 2. The van der Waals surface area contributed by atoms with Crippen LogP contribution >= 0.6 is 0 Å². The van der Waals surface area contributed by atoms with E-state index in [1.807, 2.05) is 25.1 Å². The van der Waals surface area contributed by atoms with Gasteiger partial charge < -0.3 is 20.3 Å². The standard InChI is InChI=1S/C35H47FN6O2/c1-20-17-41(18-21(2)38-20)34(40-31-14-25-13-29(23(31)4)35(25,5)6)39-26-9-11-28-32(15-26)37-19-42(33(28)43)22(3)12-24-8-10-27(44-7)16-30(24)36/h8-11,15-16,19-23,25,29,31,38H,12-14,17-18H2,1-7H3,(H,39,40)/t20-,21-,22+,23+,25-,29-,31-/m0/s1. The van der Waals surface area contributed by atoms with Crippen LogP contribution in [-0.2, 0) is 6.42 Å². The van der Waals surface area contributed by atoms with Crippen LogP contribution in [0.3, 0.4) is 0 Å². The molecule has 8 nitrogen and oxygen atoms in total. The van der Waals surface area contributed by atoms with Crippen molar-refractivity contribution in [2.75, 3.05) is 25.5 Å². The monoisotopic (exact) mass is 602 g/mol. The van der Waals surface area contributed by atoms with E-state index in [1.165, 1.54) is 19.6 Å². The van der Waals surface area contributed by atoms with E-state index >= 15 is 0 Å². The zero-order valence-electron chi connectivity index (χ0n) is 27.1. The minimum atomic E-state index is -0.345. The molecule has 2 bridgehead atoms. The SMILES string of the molecule is COc1ccc(C[C@@H](C)n2cnc3cc(NC(=N[C@H]4C[C@@H]5C[C@@H]([C@H]4C)C5(C)C)N4C[C@H](C)N[C@@H](C)C4)ccc3c2=O)c(F)c1. The van der Waals surface area contributed by atoms with E-state index in [9.17, 15) is 9.18 Å². The summed E-state index contributed by atoms with van der Waals surface area (Å²) < 4.78 is 21.3. The summed E-state index contributed by atoms with van der Waals surface area (Å²) in [4.78, 5) is 26.0. The Balaban J connectivity index is 1.26. The number of nitrogens with zero attached hydrogens (tertiary/aromatic N) is 4. The average Bonchev–Trinajstić information content (AvgIpc) is 2.98. The number of hydrogen-bond acceptors (Lipinski definition) is 5. The number of rotatable bonds is 6. The summed E-state index contributed by atoms with van der Waals surface area (Å²) in [6.07, 6.45) is 4.39. The number of ether oxygens (including phenoxy) is 1. The Kier molecular flexibility index (Phi) is 8.20. The summed E-state index contributed by atoms with van der Waals surface area (Å²) in [5.74, 6) is 3.01. The van der Waals surface area contributed by atoms with Crippen LogP contribution in [-0.4, -0.2) is 58.7 Å². The highest BCUT2D eigenvalue weighted by molar-refractivity contribution is 5.96. The van der Waals surface area contributed by atoms with Crippen molar-refractivity contribution in [1.29, 1.82) is 0 Å². The van der Waals surface area contributed by atoms with E-state index in [4.69, 9.17) is 9.73 Å². The Labute approximate surface area is 260 Å². The topological polar surface area (TPSA) is 83.8 Å². The molecule has 3 aromatic rings. The third-order valence-corrected chi connectivity index (χ3v) is 10.7. The minimum Gasteiger partial charge on any atom is -0.497 e. The number of nitrogens with one attached hydrogen (secondary N) is 2. The number of benzene rings is 2. The summed E-state index contributed by atoms with van der Waals surface area (Å²) in [7, 11) is 1.51. The first-order chi connectivity index (χ1) is 20.9. The molecule has 4 fully saturated rings. The van der Waals surface area contributed by atoms with Gasteiger partial charge in [-0.3, -0.25) is 9.36 Å². The maximum atomic E-state index is 14.6. The number of fused-ring (bicyclic) bond motifs is 3. The smallest absolute Gasteiger partial charge is 0.261 e. The fourth-order valence-electron chi connectivity index (χ4n) is 8.04. The van der Waals surface area contributed by atoms with E-state index < -0.39 is 0 Å². The van der Waals surface area contributed by atoms with Gasteiger partial charge in [-0.2, -0.15) is 0 Å². The first kappa shape index (κ1) is 30.6. The molecule has 1 aromatic heterocycles. The summed E-state index contributed by atoms with van der Waals surface area (Å²) in [6, 6.07) is 11.3. The lowest BCUT2D eigenvalue weighted by Gasteiger charge is -2.61.